The van der Waals surface area contributed by atoms with Gasteiger partial charge in [0, 0.05) is 24.8 Å². The van der Waals surface area contributed by atoms with Crippen LogP contribution in [0.2, 0.25) is 0 Å². The topological polar surface area (TPSA) is 77.8 Å². The molecule has 0 saturated heterocycles. The minimum Gasteiger partial charge on any atom is -0.484 e. The average molecular weight is 412 g/mol. The van der Waals surface area contributed by atoms with Gasteiger partial charge in [0.2, 0.25) is 0 Å². The van der Waals surface area contributed by atoms with Crippen LogP contribution in [-0.2, 0) is 16.6 Å². The highest BCUT2D eigenvalue weighted by Crippen LogP contribution is 2.24. The number of rotatable bonds is 9. The first-order valence-electron chi connectivity index (χ1n) is 9.61. The van der Waals surface area contributed by atoms with Crippen molar-refractivity contribution in [3.8, 4) is 5.75 Å². The molecule has 2 aromatic rings. The van der Waals surface area contributed by atoms with Crippen LogP contribution in [0.5, 0.6) is 5.75 Å². The molecule has 0 bridgehead atoms. The third-order valence-corrected chi connectivity index (χ3v) is 5.15. The third-order valence-electron chi connectivity index (χ3n) is 5.15. The first-order chi connectivity index (χ1) is 14.2. The number of esters is 1. The largest absolute Gasteiger partial charge is 0.484 e. The maximum atomic E-state index is 13.3. The van der Waals surface area contributed by atoms with E-state index in [0.29, 0.717) is 28.3 Å². The maximum Gasteiger partial charge on any atom is 0.354 e. The van der Waals surface area contributed by atoms with E-state index < -0.39 is 12.0 Å². The van der Waals surface area contributed by atoms with E-state index in [9.17, 15) is 14.4 Å². The first kappa shape index (κ1) is 22.9. The van der Waals surface area contributed by atoms with E-state index in [4.69, 9.17) is 9.47 Å². The Kier molecular flexibility index (Phi) is 7.58. The molecule has 0 unspecified atom stereocenters. The fourth-order valence-corrected chi connectivity index (χ4v) is 3.44. The number of carbonyl (C=O) groups excluding carboxylic acids is 3. The molecule has 7 heteroatoms. The van der Waals surface area contributed by atoms with Crippen molar-refractivity contribution in [2.45, 2.75) is 26.8 Å². The monoisotopic (exact) mass is 412 g/mol. The Morgan fingerprint density at radius 3 is 2.40 bits per heavy atom. The van der Waals surface area contributed by atoms with Crippen molar-refractivity contribution >= 4 is 17.7 Å². The van der Waals surface area contributed by atoms with E-state index in [1.165, 1.54) is 12.0 Å². The normalized spacial score (nSPS) is 11.5. The summed E-state index contributed by atoms with van der Waals surface area (Å²) in [6.07, 6.45) is 1.56. The molecule has 7 nitrogen and oxygen atoms in total. The minimum atomic E-state index is -0.764. The molecule has 2 rings (SSSR count). The lowest BCUT2D eigenvalue weighted by Crippen LogP contribution is -2.45. The molecule has 0 radical (unpaired) electrons. The molecule has 0 N–H and O–H groups in total. The summed E-state index contributed by atoms with van der Waals surface area (Å²) in [5, 5.41) is 0. The first-order valence-corrected chi connectivity index (χ1v) is 9.61. The zero-order valence-corrected chi connectivity index (χ0v) is 18.1. The van der Waals surface area contributed by atoms with Gasteiger partial charge in [0.05, 0.1) is 13.2 Å². The van der Waals surface area contributed by atoms with Gasteiger partial charge in [0.1, 0.15) is 11.4 Å². The number of ketones is 1. The van der Waals surface area contributed by atoms with Crippen LogP contribution in [0.15, 0.2) is 43.0 Å². The smallest absolute Gasteiger partial charge is 0.354 e. The van der Waals surface area contributed by atoms with Crippen LogP contribution in [0, 0.1) is 13.8 Å². The van der Waals surface area contributed by atoms with Crippen molar-refractivity contribution in [3.63, 3.8) is 0 Å². The fraction of sp³-hybridized carbons (Fsp3) is 0.348. The van der Waals surface area contributed by atoms with Gasteiger partial charge in [0.15, 0.2) is 12.4 Å². The van der Waals surface area contributed by atoms with Crippen molar-refractivity contribution in [1.29, 1.82) is 0 Å². The lowest BCUT2D eigenvalue weighted by atomic mass is 9.99. The number of aromatic nitrogens is 1. The van der Waals surface area contributed by atoms with Gasteiger partial charge >= 0.3 is 5.97 Å². The van der Waals surface area contributed by atoms with Crippen molar-refractivity contribution in [2.24, 2.45) is 7.05 Å². The number of para-hydroxylation sites is 1. The second-order valence-electron chi connectivity index (χ2n) is 6.96. The van der Waals surface area contributed by atoms with E-state index in [2.05, 4.69) is 6.58 Å². The van der Waals surface area contributed by atoms with Gasteiger partial charge in [-0.25, -0.2) is 4.79 Å². The highest BCUT2D eigenvalue weighted by Gasteiger charge is 2.32. The van der Waals surface area contributed by atoms with Crippen molar-refractivity contribution in [1.82, 2.24) is 9.47 Å². The molecule has 1 aromatic heterocycles. The summed E-state index contributed by atoms with van der Waals surface area (Å²) in [5.74, 6) is -0.536. The highest BCUT2D eigenvalue weighted by molar-refractivity contribution is 6.06. The van der Waals surface area contributed by atoms with Gasteiger partial charge in [-0.15, -0.1) is 6.58 Å². The van der Waals surface area contributed by atoms with Gasteiger partial charge in [0.25, 0.3) is 5.91 Å². The molecule has 0 aliphatic carbocycles. The lowest BCUT2D eigenvalue weighted by molar-refractivity contribution is -0.134. The SMILES string of the molecule is C=CCN(C(=O)COc1ccccc1)[C@@H](C)C(=O)c1c(C)c(C(=O)OC)n(C)c1C. The van der Waals surface area contributed by atoms with Crippen molar-refractivity contribution in [3.05, 3.63) is 65.5 Å². The molecule has 30 heavy (non-hydrogen) atoms. The number of Topliss-reactive ketones (excluding diaryl/α,β-unsaturated/α-hetero) is 1. The molecule has 1 aromatic carbocycles. The molecule has 0 fully saturated rings. The molecule has 1 heterocycles. The fourth-order valence-electron chi connectivity index (χ4n) is 3.44. The summed E-state index contributed by atoms with van der Waals surface area (Å²) in [4.78, 5) is 39.7. The van der Waals surface area contributed by atoms with E-state index in [1.807, 2.05) is 18.2 Å². The number of nitrogens with zero attached hydrogens (tertiary/aromatic N) is 2. The minimum absolute atomic E-state index is 0.193. The molecular weight excluding hydrogens is 384 g/mol. The van der Waals surface area contributed by atoms with E-state index >= 15 is 0 Å². The number of amides is 1. The van der Waals surface area contributed by atoms with Crippen LogP contribution in [0.1, 0.15) is 39.0 Å². The molecular formula is C23H28N2O5. The van der Waals surface area contributed by atoms with E-state index in [0.717, 1.165) is 0 Å². The molecule has 160 valence electrons. The summed E-state index contributed by atoms with van der Waals surface area (Å²) < 4.78 is 12.0. The van der Waals surface area contributed by atoms with Gasteiger partial charge in [-0.05, 0) is 38.5 Å². The van der Waals surface area contributed by atoms with Crippen LogP contribution in [-0.4, -0.2) is 53.4 Å². The van der Waals surface area contributed by atoms with Gasteiger partial charge in [-0.2, -0.15) is 0 Å². The van der Waals surface area contributed by atoms with E-state index in [1.54, 1.807) is 50.6 Å². The van der Waals surface area contributed by atoms with E-state index in [-0.39, 0.29) is 24.8 Å². The Morgan fingerprint density at radius 1 is 1.20 bits per heavy atom. The Hall–Kier alpha value is -3.35. The Balaban J connectivity index is 2.27. The predicted molar refractivity (Wildman–Crippen MR) is 114 cm³/mol. The Labute approximate surface area is 176 Å². The van der Waals surface area contributed by atoms with Crippen LogP contribution >= 0.6 is 0 Å². The van der Waals surface area contributed by atoms with Gasteiger partial charge < -0.3 is 18.9 Å². The molecule has 0 spiro atoms. The van der Waals surface area contributed by atoms with Gasteiger partial charge in [-0.1, -0.05) is 24.3 Å². The Bertz CT molecular complexity index is 946. The van der Waals surface area contributed by atoms with Crippen LogP contribution in [0.4, 0.5) is 0 Å². The maximum absolute atomic E-state index is 13.3. The zero-order valence-electron chi connectivity index (χ0n) is 18.1. The number of hydrogen-bond acceptors (Lipinski definition) is 5. The number of carbonyl (C=O) groups is 3. The Morgan fingerprint density at radius 2 is 1.83 bits per heavy atom. The predicted octanol–water partition coefficient (Wildman–Crippen LogP) is 3.09. The van der Waals surface area contributed by atoms with Crippen LogP contribution in [0.3, 0.4) is 0 Å². The number of ether oxygens (including phenoxy) is 2. The molecule has 0 aliphatic rings. The molecule has 0 aliphatic heterocycles. The summed E-state index contributed by atoms with van der Waals surface area (Å²) in [7, 11) is 3.00. The quantitative estimate of drug-likeness (QED) is 0.359. The zero-order chi connectivity index (χ0) is 22.4. The third kappa shape index (κ3) is 4.62. The number of methoxy groups -OCH3 is 1. The highest BCUT2D eigenvalue weighted by atomic mass is 16.5. The standard InChI is InChI=1S/C23H28N2O5/c1-7-13-25(19(26)14-30-18-11-9-8-10-12-18)17(4)22(27)20-15(2)21(23(28)29-6)24(5)16(20)3/h7-12,17H,1,13-14H2,2-6H3/t17-/m0/s1. The van der Waals surface area contributed by atoms with Gasteiger partial charge in [-0.3, -0.25) is 9.59 Å². The summed E-state index contributed by atoms with van der Waals surface area (Å²) >= 11 is 0. The summed E-state index contributed by atoms with van der Waals surface area (Å²) in [6.45, 7) is 8.82. The molecule has 0 saturated carbocycles. The van der Waals surface area contributed by atoms with Crippen LogP contribution < -0.4 is 4.74 Å². The average Bonchev–Trinajstić information content (AvgIpc) is 2.97. The molecule has 1 atom stereocenters. The van der Waals surface area contributed by atoms with Crippen molar-refractivity contribution in [2.75, 3.05) is 20.3 Å². The number of benzene rings is 1. The van der Waals surface area contributed by atoms with Crippen molar-refractivity contribution < 1.29 is 23.9 Å². The summed E-state index contributed by atoms with van der Waals surface area (Å²) in [5.41, 5.74) is 1.90. The summed E-state index contributed by atoms with van der Waals surface area (Å²) in [6, 6.07) is 8.23. The number of hydrogen-bond donors (Lipinski definition) is 0. The second-order valence-corrected chi connectivity index (χ2v) is 6.96. The van der Waals surface area contributed by atoms with Crippen LogP contribution in [0.25, 0.3) is 0 Å². The molecule has 1 amide bonds. The second kappa shape index (κ2) is 9.91. The lowest BCUT2D eigenvalue weighted by Gasteiger charge is -2.27.